The van der Waals surface area contributed by atoms with Gasteiger partial charge in [-0.3, -0.25) is 4.58 Å². The summed E-state index contributed by atoms with van der Waals surface area (Å²) in [7, 11) is 0. The van der Waals surface area contributed by atoms with Crippen molar-refractivity contribution < 1.29 is 28.6 Å². The fourth-order valence-corrected chi connectivity index (χ4v) is 3.06. The van der Waals surface area contributed by atoms with Crippen LogP contribution < -0.4 is 29.3 Å². The maximum absolute atomic E-state index is 3.58. The van der Waals surface area contributed by atoms with Crippen LogP contribution in [0.4, 0.5) is 5.69 Å². The average Bonchev–Trinajstić information content (AvgIpc) is 2.71. The Balaban J connectivity index is 0.00000144. The number of aryl methyl sites for hydroxylation is 2. The van der Waals surface area contributed by atoms with Crippen molar-refractivity contribution in [1.29, 1.82) is 0 Å². The van der Waals surface area contributed by atoms with Crippen molar-refractivity contribution >= 4 is 22.6 Å². The van der Waals surface area contributed by atoms with Crippen molar-refractivity contribution in [2.24, 2.45) is 0 Å². The molecular weight excluding hydrogens is 343 g/mol. The number of hydrogen-bond donors (Lipinski definition) is 1. The molecule has 94 valence electrons. The molecule has 4 heteroatoms. The fraction of sp³-hybridized carbons (Fsp3) is 0.462. The van der Waals surface area contributed by atoms with E-state index < -0.39 is 0 Å². The molecule has 0 fully saturated rings. The number of anilines is 1. The summed E-state index contributed by atoms with van der Waals surface area (Å²) in [5.74, 6) is 1.20. The topological polar surface area (TPSA) is 15.0 Å². The third-order valence-electron chi connectivity index (χ3n) is 2.98. The molecule has 1 aliphatic rings. The lowest BCUT2D eigenvalue weighted by atomic mass is 10.1. The first-order valence-electron chi connectivity index (χ1n) is 5.80. The molecule has 2 nitrogen and oxygen atoms in total. The van der Waals surface area contributed by atoms with E-state index in [1.165, 1.54) is 27.7 Å². The fourth-order valence-electron chi connectivity index (χ4n) is 1.98. The molecule has 1 aromatic rings. The summed E-state index contributed by atoms with van der Waals surface area (Å²) in [4.78, 5) is 0. The van der Waals surface area contributed by atoms with E-state index in [0.717, 1.165) is 13.1 Å². The lowest BCUT2D eigenvalue weighted by Crippen LogP contribution is -3.00. The van der Waals surface area contributed by atoms with Crippen LogP contribution in [0.5, 0.6) is 0 Å². The van der Waals surface area contributed by atoms with Gasteiger partial charge in [-0.1, -0.05) is 18.2 Å². The SMILES string of the molecule is CC[N+]1=C(Nc2c(C)cccc2C)SCC1.[I-]. The number of hydrogen-bond acceptors (Lipinski definition) is 2. The minimum atomic E-state index is 0. The first-order chi connectivity index (χ1) is 7.72. The van der Waals surface area contributed by atoms with Gasteiger partial charge < -0.3 is 24.0 Å². The predicted molar refractivity (Wildman–Crippen MR) is 72.7 cm³/mol. The van der Waals surface area contributed by atoms with Crippen LogP contribution in [0.1, 0.15) is 18.1 Å². The van der Waals surface area contributed by atoms with Gasteiger partial charge in [0.15, 0.2) is 0 Å². The summed E-state index contributed by atoms with van der Waals surface area (Å²) in [6, 6.07) is 6.43. The van der Waals surface area contributed by atoms with Crippen LogP contribution in [0, 0.1) is 13.8 Å². The lowest BCUT2D eigenvalue weighted by Gasteiger charge is -2.07. The van der Waals surface area contributed by atoms with E-state index >= 15 is 0 Å². The first kappa shape index (κ1) is 14.8. The molecule has 0 saturated heterocycles. The zero-order valence-electron chi connectivity index (χ0n) is 10.6. The Hall–Kier alpha value is -0.230. The van der Waals surface area contributed by atoms with Gasteiger partial charge in [0.05, 0.1) is 13.1 Å². The molecule has 1 aliphatic heterocycles. The van der Waals surface area contributed by atoms with Crippen molar-refractivity contribution in [3.8, 4) is 0 Å². The summed E-state index contributed by atoms with van der Waals surface area (Å²) >= 11 is 1.92. The van der Waals surface area contributed by atoms with Gasteiger partial charge in [-0.15, -0.1) is 0 Å². The standard InChI is InChI=1S/C13H18N2S.HI/c1-4-15-8-9-16-13(15)14-12-10(2)6-5-7-11(12)3;/h5-7H,4,8-9H2,1-3H3;1H. The van der Waals surface area contributed by atoms with Crippen LogP contribution in [0.2, 0.25) is 0 Å². The lowest BCUT2D eigenvalue weighted by molar-refractivity contribution is -0.513. The first-order valence-corrected chi connectivity index (χ1v) is 6.79. The number of rotatable bonds is 2. The second kappa shape index (κ2) is 6.64. The van der Waals surface area contributed by atoms with E-state index in [2.05, 4.69) is 48.9 Å². The van der Waals surface area contributed by atoms with E-state index in [9.17, 15) is 0 Å². The molecule has 1 N–H and O–H groups in total. The van der Waals surface area contributed by atoms with Crippen molar-refractivity contribution in [3.05, 3.63) is 29.3 Å². The molecule has 0 radical (unpaired) electrons. The van der Waals surface area contributed by atoms with Crippen molar-refractivity contribution in [3.63, 3.8) is 0 Å². The normalized spacial score (nSPS) is 14.8. The van der Waals surface area contributed by atoms with Crippen molar-refractivity contribution in [2.75, 3.05) is 24.2 Å². The Morgan fingerprint density at radius 1 is 1.29 bits per heavy atom. The quantitative estimate of drug-likeness (QED) is 0.582. The Bertz CT molecular complexity index is 409. The Morgan fingerprint density at radius 2 is 1.94 bits per heavy atom. The highest BCUT2D eigenvalue weighted by Crippen LogP contribution is 2.22. The molecule has 0 atom stereocenters. The van der Waals surface area contributed by atoms with Crippen molar-refractivity contribution in [2.45, 2.75) is 20.8 Å². The van der Waals surface area contributed by atoms with Crippen LogP contribution in [-0.2, 0) is 0 Å². The van der Waals surface area contributed by atoms with Crippen LogP contribution in [-0.4, -0.2) is 28.6 Å². The van der Waals surface area contributed by atoms with E-state index in [0.29, 0.717) is 0 Å². The van der Waals surface area contributed by atoms with E-state index in [-0.39, 0.29) is 24.0 Å². The molecule has 0 unspecified atom stereocenters. The Morgan fingerprint density at radius 3 is 2.53 bits per heavy atom. The largest absolute Gasteiger partial charge is 1.00 e. The molecule has 2 rings (SSSR count). The molecule has 0 amide bonds. The highest BCUT2D eigenvalue weighted by Gasteiger charge is 2.21. The van der Waals surface area contributed by atoms with Crippen LogP contribution in [0.25, 0.3) is 0 Å². The zero-order chi connectivity index (χ0) is 11.5. The summed E-state index contributed by atoms with van der Waals surface area (Å²) < 4.78 is 2.40. The van der Waals surface area contributed by atoms with Gasteiger partial charge in [0.25, 0.3) is 0 Å². The van der Waals surface area contributed by atoms with Gasteiger partial charge in [0.1, 0.15) is 5.69 Å². The van der Waals surface area contributed by atoms with Gasteiger partial charge >= 0.3 is 5.17 Å². The number of nitrogens with zero attached hydrogens (tertiary/aromatic N) is 1. The van der Waals surface area contributed by atoms with Crippen LogP contribution in [0.3, 0.4) is 0 Å². The van der Waals surface area contributed by atoms with E-state index in [4.69, 9.17) is 0 Å². The van der Waals surface area contributed by atoms with Gasteiger partial charge in [-0.25, -0.2) is 5.32 Å². The monoisotopic (exact) mass is 362 g/mol. The highest BCUT2D eigenvalue weighted by atomic mass is 127. The number of halogens is 1. The molecule has 0 spiro atoms. The van der Waals surface area contributed by atoms with Crippen LogP contribution >= 0.6 is 11.8 Å². The van der Waals surface area contributed by atoms with E-state index in [1.54, 1.807) is 0 Å². The summed E-state index contributed by atoms with van der Waals surface area (Å²) in [5, 5.41) is 4.89. The number of para-hydroxylation sites is 1. The van der Waals surface area contributed by atoms with Gasteiger partial charge in [-0.2, -0.15) is 0 Å². The summed E-state index contributed by atoms with van der Waals surface area (Å²) in [5.41, 5.74) is 3.90. The molecule has 0 aromatic heterocycles. The Kier molecular flexibility index (Phi) is 5.79. The minimum Gasteiger partial charge on any atom is -1.00 e. The van der Waals surface area contributed by atoms with Gasteiger partial charge in [0, 0.05) is 5.75 Å². The van der Waals surface area contributed by atoms with E-state index in [1.807, 2.05) is 11.8 Å². The maximum Gasteiger partial charge on any atom is 0.311 e. The molecule has 17 heavy (non-hydrogen) atoms. The van der Waals surface area contributed by atoms with Crippen molar-refractivity contribution in [1.82, 2.24) is 0 Å². The summed E-state index contributed by atoms with van der Waals surface area (Å²) in [6.07, 6.45) is 0. The second-order valence-electron chi connectivity index (χ2n) is 4.13. The highest BCUT2D eigenvalue weighted by molar-refractivity contribution is 8.14. The molecule has 1 aromatic carbocycles. The molecule has 1 heterocycles. The molecule has 0 saturated carbocycles. The number of benzene rings is 1. The number of amidine groups is 1. The van der Waals surface area contributed by atoms with Gasteiger partial charge in [0.2, 0.25) is 0 Å². The maximum atomic E-state index is 3.58. The molecule has 0 aliphatic carbocycles. The number of thioether (sulfide) groups is 1. The molecular formula is C13H19IN2S. The summed E-state index contributed by atoms with van der Waals surface area (Å²) in [6.45, 7) is 8.77. The zero-order valence-corrected chi connectivity index (χ0v) is 13.6. The van der Waals surface area contributed by atoms with Gasteiger partial charge in [-0.05, 0) is 43.7 Å². The Labute approximate surface area is 125 Å². The third kappa shape index (κ3) is 3.37. The smallest absolute Gasteiger partial charge is 0.311 e. The van der Waals surface area contributed by atoms with Crippen LogP contribution in [0.15, 0.2) is 18.2 Å². The third-order valence-corrected chi connectivity index (χ3v) is 4.00. The second-order valence-corrected chi connectivity index (χ2v) is 5.21. The minimum absolute atomic E-state index is 0. The molecule has 0 bridgehead atoms. The predicted octanol–water partition coefficient (Wildman–Crippen LogP) is -0.145. The average molecular weight is 362 g/mol. The number of nitrogens with one attached hydrogen (secondary N) is 1.